The topological polar surface area (TPSA) is 26.7 Å². The maximum Gasteiger partial charge on any atom is 0.0807 e. The fourth-order valence-corrected chi connectivity index (χ4v) is 3.43. The van der Waals surface area contributed by atoms with E-state index in [2.05, 4.69) is 35.0 Å². The smallest absolute Gasteiger partial charge is 0.0807 e. The monoisotopic (exact) mass is 260 g/mol. The molecule has 1 aromatic carbocycles. The van der Waals surface area contributed by atoms with E-state index in [1.54, 1.807) is 0 Å². The first kappa shape index (κ1) is 13.1. The molecule has 1 heterocycles. The summed E-state index contributed by atoms with van der Waals surface area (Å²) in [6.45, 7) is 4.59. The minimum absolute atomic E-state index is 0.289. The number of likely N-dealkylation sites (N-methyl/N-ethyl adjacent to an activating group) is 1. The van der Waals surface area contributed by atoms with Crippen LogP contribution in [0.15, 0.2) is 24.3 Å². The van der Waals surface area contributed by atoms with E-state index in [0.29, 0.717) is 6.04 Å². The van der Waals surface area contributed by atoms with Crippen LogP contribution in [-0.4, -0.2) is 54.2 Å². The van der Waals surface area contributed by atoms with E-state index in [-0.39, 0.29) is 6.10 Å². The quantitative estimate of drug-likeness (QED) is 0.778. The van der Waals surface area contributed by atoms with Crippen molar-refractivity contribution in [1.82, 2.24) is 9.80 Å². The normalized spacial score (nSPS) is 29.8. The van der Waals surface area contributed by atoms with Gasteiger partial charge in [-0.25, -0.2) is 0 Å². The van der Waals surface area contributed by atoms with Crippen LogP contribution in [-0.2, 0) is 6.42 Å². The Hall–Kier alpha value is -0.900. The zero-order valence-corrected chi connectivity index (χ0v) is 11.8. The largest absolute Gasteiger partial charge is 0.388 e. The Morgan fingerprint density at radius 1 is 1.11 bits per heavy atom. The number of rotatable bonds is 1. The summed E-state index contributed by atoms with van der Waals surface area (Å²) in [5, 5.41) is 10.5. The molecule has 0 aromatic heterocycles. The maximum absolute atomic E-state index is 10.5. The second-order valence-corrected chi connectivity index (χ2v) is 5.98. The van der Waals surface area contributed by atoms with Gasteiger partial charge in [-0.05, 0) is 37.4 Å². The number of benzene rings is 1. The lowest BCUT2D eigenvalue weighted by atomic mass is 10.0. The zero-order valence-electron chi connectivity index (χ0n) is 11.8. The molecule has 1 aliphatic carbocycles. The Bertz CT molecular complexity index is 427. The van der Waals surface area contributed by atoms with Crippen molar-refractivity contribution in [3.63, 3.8) is 0 Å². The Morgan fingerprint density at radius 2 is 1.84 bits per heavy atom. The maximum atomic E-state index is 10.5. The Labute approximate surface area is 115 Å². The number of fused-ring (bicyclic) bond motifs is 1. The van der Waals surface area contributed by atoms with Crippen molar-refractivity contribution in [2.45, 2.75) is 31.4 Å². The van der Waals surface area contributed by atoms with Gasteiger partial charge in [0.05, 0.1) is 6.10 Å². The van der Waals surface area contributed by atoms with Crippen molar-refractivity contribution in [1.29, 1.82) is 0 Å². The van der Waals surface area contributed by atoms with Gasteiger partial charge in [0, 0.05) is 32.2 Å². The highest BCUT2D eigenvalue weighted by molar-refractivity contribution is 5.30. The lowest BCUT2D eigenvalue weighted by Gasteiger charge is -2.38. The lowest BCUT2D eigenvalue weighted by molar-refractivity contribution is 0.0685. The lowest BCUT2D eigenvalue weighted by Crippen LogP contribution is -2.49. The van der Waals surface area contributed by atoms with Gasteiger partial charge in [0.25, 0.3) is 0 Å². The van der Waals surface area contributed by atoms with Crippen molar-refractivity contribution in [2.24, 2.45) is 0 Å². The van der Waals surface area contributed by atoms with Gasteiger partial charge in [-0.15, -0.1) is 0 Å². The summed E-state index contributed by atoms with van der Waals surface area (Å²) in [6, 6.07) is 8.92. The predicted molar refractivity (Wildman–Crippen MR) is 77.2 cm³/mol. The number of aliphatic hydroxyl groups is 1. The van der Waals surface area contributed by atoms with Crippen LogP contribution >= 0.6 is 0 Å². The number of nitrogens with zero attached hydrogens (tertiary/aromatic N) is 2. The highest BCUT2D eigenvalue weighted by atomic mass is 16.3. The second-order valence-electron chi connectivity index (χ2n) is 5.98. The average Bonchev–Trinajstić information content (AvgIpc) is 2.60. The Balaban J connectivity index is 1.71. The molecule has 1 aromatic rings. The first-order valence-corrected chi connectivity index (χ1v) is 7.42. The van der Waals surface area contributed by atoms with Crippen LogP contribution in [0.25, 0.3) is 0 Å². The number of aliphatic hydroxyl groups excluding tert-OH is 1. The van der Waals surface area contributed by atoms with Crippen LogP contribution < -0.4 is 0 Å². The van der Waals surface area contributed by atoms with Crippen molar-refractivity contribution >= 4 is 0 Å². The van der Waals surface area contributed by atoms with Crippen LogP contribution in [0.4, 0.5) is 0 Å². The first-order valence-electron chi connectivity index (χ1n) is 7.42. The van der Waals surface area contributed by atoms with Gasteiger partial charge in [0.15, 0.2) is 0 Å². The third-order valence-corrected chi connectivity index (χ3v) is 4.71. The molecule has 1 fully saturated rings. The molecule has 0 radical (unpaired) electrons. The number of hydrogen-bond acceptors (Lipinski definition) is 3. The van der Waals surface area contributed by atoms with Crippen LogP contribution in [0.3, 0.4) is 0 Å². The number of piperazine rings is 1. The van der Waals surface area contributed by atoms with Crippen LogP contribution in [0.1, 0.15) is 30.1 Å². The van der Waals surface area contributed by atoms with Gasteiger partial charge in [-0.3, -0.25) is 4.90 Å². The fourth-order valence-electron chi connectivity index (χ4n) is 3.43. The molecule has 3 heteroatoms. The molecule has 3 nitrogen and oxygen atoms in total. The van der Waals surface area contributed by atoms with Crippen molar-refractivity contribution in [3.05, 3.63) is 35.4 Å². The summed E-state index contributed by atoms with van der Waals surface area (Å²) in [4.78, 5) is 4.97. The predicted octanol–water partition coefficient (Wildman–Crippen LogP) is 1.67. The third kappa shape index (κ3) is 2.83. The minimum atomic E-state index is -0.289. The molecule has 1 saturated heterocycles. The van der Waals surface area contributed by atoms with Crippen LogP contribution in [0.2, 0.25) is 0 Å². The fraction of sp³-hybridized carbons (Fsp3) is 0.625. The molecule has 104 valence electrons. The van der Waals surface area contributed by atoms with Gasteiger partial charge in [0.2, 0.25) is 0 Å². The van der Waals surface area contributed by atoms with E-state index < -0.39 is 0 Å². The van der Waals surface area contributed by atoms with Crippen molar-refractivity contribution in [2.75, 3.05) is 33.2 Å². The molecule has 0 amide bonds. The summed E-state index contributed by atoms with van der Waals surface area (Å²) in [6.07, 6.45) is 2.88. The standard InChI is InChI=1S/C16H24N2O/c1-17-8-10-18(11-9-17)14-7-6-13-4-2-3-5-15(13)16(19)12-14/h2-5,14,16,19H,6-12H2,1H3. The molecule has 0 saturated carbocycles. The summed E-state index contributed by atoms with van der Waals surface area (Å²) in [5.74, 6) is 0. The number of aryl methyl sites for hydroxylation is 1. The highest BCUT2D eigenvalue weighted by Gasteiger charge is 2.28. The van der Waals surface area contributed by atoms with E-state index >= 15 is 0 Å². The molecule has 2 unspecified atom stereocenters. The zero-order chi connectivity index (χ0) is 13.2. The van der Waals surface area contributed by atoms with E-state index in [0.717, 1.165) is 44.6 Å². The molecule has 1 N–H and O–H groups in total. The average molecular weight is 260 g/mol. The van der Waals surface area contributed by atoms with Gasteiger partial charge in [-0.1, -0.05) is 24.3 Å². The molecular formula is C16H24N2O. The van der Waals surface area contributed by atoms with E-state index in [1.165, 1.54) is 12.0 Å². The van der Waals surface area contributed by atoms with Gasteiger partial charge < -0.3 is 10.0 Å². The summed E-state index contributed by atoms with van der Waals surface area (Å²) < 4.78 is 0. The second kappa shape index (κ2) is 5.61. The summed E-state index contributed by atoms with van der Waals surface area (Å²) >= 11 is 0. The van der Waals surface area contributed by atoms with Gasteiger partial charge in [0.1, 0.15) is 0 Å². The SMILES string of the molecule is CN1CCN(C2CCc3ccccc3C(O)C2)CC1. The number of hydrogen-bond donors (Lipinski definition) is 1. The Kier molecular flexibility index (Phi) is 3.87. The molecule has 0 spiro atoms. The molecule has 3 rings (SSSR count). The van der Waals surface area contributed by atoms with Crippen LogP contribution in [0, 0.1) is 0 Å². The van der Waals surface area contributed by atoms with E-state index in [4.69, 9.17) is 0 Å². The van der Waals surface area contributed by atoms with Gasteiger partial charge >= 0.3 is 0 Å². The minimum Gasteiger partial charge on any atom is -0.388 e. The molecule has 2 atom stereocenters. The Morgan fingerprint density at radius 3 is 2.63 bits per heavy atom. The van der Waals surface area contributed by atoms with Crippen molar-refractivity contribution < 1.29 is 5.11 Å². The van der Waals surface area contributed by atoms with E-state index in [1.807, 2.05) is 6.07 Å². The molecule has 1 aliphatic heterocycles. The van der Waals surface area contributed by atoms with E-state index in [9.17, 15) is 5.11 Å². The first-order chi connectivity index (χ1) is 9.24. The van der Waals surface area contributed by atoms with Gasteiger partial charge in [-0.2, -0.15) is 0 Å². The van der Waals surface area contributed by atoms with Crippen LogP contribution in [0.5, 0.6) is 0 Å². The third-order valence-electron chi connectivity index (χ3n) is 4.71. The summed E-state index contributed by atoms with van der Waals surface area (Å²) in [5.41, 5.74) is 2.49. The summed E-state index contributed by atoms with van der Waals surface area (Å²) in [7, 11) is 2.19. The molecular weight excluding hydrogens is 236 g/mol. The van der Waals surface area contributed by atoms with Crippen molar-refractivity contribution in [3.8, 4) is 0 Å². The highest BCUT2D eigenvalue weighted by Crippen LogP contribution is 2.31. The molecule has 2 aliphatic rings. The molecule has 0 bridgehead atoms. The molecule has 19 heavy (non-hydrogen) atoms.